The summed E-state index contributed by atoms with van der Waals surface area (Å²) in [4.78, 5) is 4.85. The van der Waals surface area contributed by atoms with Crippen molar-refractivity contribution in [3.05, 3.63) is 296 Å². The molecule has 0 radical (unpaired) electrons. The summed E-state index contributed by atoms with van der Waals surface area (Å²) in [5, 5.41) is 10.0. The Hall–Kier alpha value is -9.22. The Morgan fingerprint density at radius 2 is 0.905 bits per heavy atom. The average Bonchev–Trinajstić information content (AvgIpc) is 4.00. The molecule has 0 fully saturated rings. The predicted molar refractivity (Wildman–Crippen MR) is 316 cm³/mol. The molecule has 2 aromatic heterocycles. The number of fused-ring (bicyclic) bond motifs is 8. The van der Waals surface area contributed by atoms with E-state index in [4.69, 9.17) is 0 Å². The number of anilines is 6. The van der Waals surface area contributed by atoms with Gasteiger partial charge in [-0.1, -0.05) is 182 Å². The van der Waals surface area contributed by atoms with Gasteiger partial charge in [0.15, 0.2) is 0 Å². The maximum Gasteiger partial charge on any atom is 0.0542 e. The van der Waals surface area contributed by atoms with Crippen LogP contribution in [0.1, 0.15) is 22.6 Å². The van der Waals surface area contributed by atoms with E-state index >= 15 is 0 Å². The highest BCUT2D eigenvalue weighted by Gasteiger charge is 2.23. The second-order valence-electron chi connectivity index (χ2n) is 19.3. The van der Waals surface area contributed by atoms with Gasteiger partial charge in [-0.25, -0.2) is 0 Å². The van der Waals surface area contributed by atoms with Gasteiger partial charge >= 0.3 is 0 Å². The van der Waals surface area contributed by atoms with Gasteiger partial charge in [0, 0.05) is 76.4 Å². The highest BCUT2D eigenvalue weighted by molar-refractivity contribution is 7.25. The van der Waals surface area contributed by atoms with Crippen LogP contribution in [0.2, 0.25) is 0 Å². The molecule has 0 aliphatic carbocycles. The Morgan fingerprint density at radius 1 is 0.324 bits per heavy atom. The summed E-state index contributed by atoms with van der Waals surface area (Å²) in [7, 11) is 0. The molecule has 4 heteroatoms. The molecule has 74 heavy (non-hydrogen) atoms. The Bertz CT molecular complexity index is 4360. The molecule has 0 aliphatic rings. The van der Waals surface area contributed by atoms with Gasteiger partial charge in [0.05, 0.1) is 16.7 Å². The minimum atomic E-state index is 0.200. The first kappa shape index (κ1) is 43.6. The van der Waals surface area contributed by atoms with Crippen molar-refractivity contribution in [2.45, 2.75) is 12.3 Å². The number of para-hydroxylation sites is 3. The summed E-state index contributed by atoms with van der Waals surface area (Å²) in [6.45, 7) is 0. The van der Waals surface area contributed by atoms with E-state index in [2.05, 4.69) is 293 Å². The molecular formula is C70H49N3S. The van der Waals surface area contributed by atoms with Crippen LogP contribution in [0.15, 0.2) is 279 Å². The Balaban J connectivity index is 0.893. The normalized spacial score (nSPS) is 12.1. The van der Waals surface area contributed by atoms with Gasteiger partial charge in [-0.3, -0.25) is 0 Å². The highest BCUT2D eigenvalue weighted by atomic mass is 32.1. The lowest BCUT2D eigenvalue weighted by atomic mass is 9.84. The minimum Gasteiger partial charge on any atom is -0.310 e. The van der Waals surface area contributed by atoms with Crippen LogP contribution in [0.3, 0.4) is 0 Å². The van der Waals surface area contributed by atoms with Crippen LogP contribution in [0.4, 0.5) is 34.1 Å². The number of hydrogen-bond donors (Lipinski definition) is 0. The molecule has 2 heterocycles. The van der Waals surface area contributed by atoms with E-state index in [1.165, 1.54) is 80.2 Å². The summed E-state index contributed by atoms with van der Waals surface area (Å²) in [5.41, 5.74) is 14.1. The molecule has 0 spiro atoms. The lowest BCUT2D eigenvalue weighted by Gasteiger charge is -2.30. The fourth-order valence-corrected chi connectivity index (χ4v) is 12.6. The molecular weight excluding hydrogens is 915 g/mol. The molecule has 0 amide bonds. The van der Waals surface area contributed by atoms with Gasteiger partial charge in [0.2, 0.25) is 0 Å². The fourth-order valence-electron chi connectivity index (χ4n) is 11.5. The van der Waals surface area contributed by atoms with Crippen molar-refractivity contribution in [3.63, 3.8) is 0 Å². The quantitative estimate of drug-likeness (QED) is 0.128. The van der Waals surface area contributed by atoms with E-state index < -0.39 is 0 Å². The molecule has 0 aliphatic heterocycles. The number of thiophene rings is 1. The zero-order valence-electron chi connectivity index (χ0n) is 40.6. The first-order valence-corrected chi connectivity index (χ1v) is 26.3. The lowest BCUT2D eigenvalue weighted by Crippen LogP contribution is -2.13. The molecule has 350 valence electrons. The molecule has 1 atom stereocenters. The van der Waals surface area contributed by atoms with Crippen LogP contribution in [0.5, 0.6) is 0 Å². The van der Waals surface area contributed by atoms with Gasteiger partial charge in [-0.2, -0.15) is 0 Å². The van der Waals surface area contributed by atoms with Gasteiger partial charge in [-0.15, -0.1) is 11.3 Å². The maximum atomic E-state index is 2.47. The highest BCUT2D eigenvalue weighted by Crippen LogP contribution is 2.46. The summed E-state index contributed by atoms with van der Waals surface area (Å²) in [6, 6.07) is 102. The van der Waals surface area contributed by atoms with Crippen molar-refractivity contribution < 1.29 is 0 Å². The van der Waals surface area contributed by atoms with Crippen molar-refractivity contribution >= 4 is 109 Å². The molecule has 14 aromatic rings. The average molecular weight is 964 g/mol. The monoisotopic (exact) mass is 963 g/mol. The molecule has 12 aromatic carbocycles. The third kappa shape index (κ3) is 7.67. The van der Waals surface area contributed by atoms with Gasteiger partial charge in [-0.05, 0) is 136 Å². The Morgan fingerprint density at radius 3 is 1.72 bits per heavy atom. The van der Waals surface area contributed by atoms with Gasteiger partial charge in [0.25, 0.3) is 0 Å². The standard InChI is InChI=1S/C70H49N3S/c1-4-19-50(20-5-1)63(43-51-25-16-23-48-21-10-12-32-59(48)51)52-37-42-69-65(44-52)62-40-38-58(47-70(62)74-69)71(53-26-6-2-7-27-53)55-30-18-31-56(45-55)72(66-36-17-24-49-22-11-13-33-60(49)66)57-39-41-68-64(46-57)61-34-14-15-35-67(61)73(68)54-28-8-3-9-29-54/h1-42,44-47,63H,43H2. The summed E-state index contributed by atoms with van der Waals surface area (Å²) < 4.78 is 4.94. The Kier molecular flexibility index (Phi) is 10.9. The number of benzene rings is 12. The minimum absolute atomic E-state index is 0.200. The number of nitrogens with zero attached hydrogens (tertiary/aromatic N) is 3. The first-order valence-electron chi connectivity index (χ1n) is 25.5. The fraction of sp³-hybridized carbons (Fsp3) is 0.0286. The summed E-state index contributed by atoms with van der Waals surface area (Å²) >= 11 is 1.87. The van der Waals surface area contributed by atoms with Crippen molar-refractivity contribution in [2.75, 3.05) is 9.80 Å². The van der Waals surface area contributed by atoms with Gasteiger partial charge < -0.3 is 14.4 Å². The van der Waals surface area contributed by atoms with E-state index in [1.54, 1.807) is 0 Å². The topological polar surface area (TPSA) is 11.4 Å². The zero-order chi connectivity index (χ0) is 49.0. The molecule has 0 bridgehead atoms. The molecule has 0 saturated carbocycles. The summed E-state index contributed by atoms with van der Waals surface area (Å²) in [5.74, 6) is 0.200. The largest absolute Gasteiger partial charge is 0.310 e. The van der Waals surface area contributed by atoms with Crippen molar-refractivity contribution in [3.8, 4) is 5.69 Å². The van der Waals surface area contributed by atoms with Crippen LogP contribution in [-0.4, -0.2) is 4.57 Å². The number of rotatable bonds is 11. The smallest absolute Gasteiger partial charge is 0.0542 e. The molecule has 0 saturated heterocycles. The molecule has 1 unspecified atom stereocenters. The van der Waals surface area contributed by atoms with E-state index in [0.29, 0.717) is 0 Å². The van der Waals surface area contributed by atoms with Crippen LogP contribution in [0, 0.1) is 0 Å². The Labute approximate surface area is 434 Å². The molecule has 3 nitrogen and oxygen atoms in total. The second-order valence-corrected chi connectivity index (χ2v) is 20.3. The van der Waals surface area contributed by atoms with E-state index in [0.717, 1.165) is 46.2 Å². The number of aromatic nitrogens is 1. The predicted octanol–water partition coefficient (Wildman–Crippen LogP) is 19.8. The van der Waals surface area contributed by atoms with E-state index in [1.807, 2.05) is 11.3 Å². The van der Waals surface area contributed by atoms with E-state index in [9.17, 15) is 0 Å². The first-order chi connectivity index (χ1) is 36.7. The third-order valence-corrected chi connectivity index (χ3v) is 16.1. The van der Waals surface area contributed by atoms with Crippen molar-refractivity contribution in [1.82, 2.24) is 4.57 Å². The molecule has 0 N–H and O–H groups in total. The maximum absolute atomic E-state index is 2.47. The van der Waals surface area contributed by atoms with Crippen LogP contribution >= 0.6 is 11.3 Å². The third-order valence-electron chi connectivity index (χ3n) is 14.9. The SMILES string of the molecule is c1ccc(C(Cc2cccc3ccccc23)c2ccc3sc4cc(N(c5ccccc5)c5cccc(N(c6ccc7c(c6)c6ccccc6n7-c6ccccc6)c6cccc7ccccc67)c5)ccc4c3c2)cc1. The van der Waals surface area contributed by atoms with Crippen LogP contribution in [0.25, 0.3) is 69.2 Å². The van der Waals surface area contributed by atoms with Crippen molar-refractivity contribution in [1.29, 1.82) is 0 Å². The van der Waals surface area contributed by atoms with Crippen LogP contribution in [-0.2, 0) is 6.42 Å². The van der Waals surface area contributed by atoms with Crippen LogP contribution < -0.4 is 9.80 Å². The lowest BCUT2D eigenvalue weighted by molar-refractivity contribution is 0.811. The molecule has 14 rings (SSSR count). The second kappa shape index (κ2) is 18.4. The van der Waals surface area contributed by atoms with Gasteiger partial charge in [0.1, 0.15) is 0 Å². The van der Waals surface area contributed by atoms with E-state index in [-0.39, 0.29) is 5.92 Å². The summed E-state index contributed by atoms with van der Waals surface area (Å²) in [6.07, 6.45) is 0.916. The number of hydrogen-bond acceptors (Lipinski definition) is 3. The van der Waals surface area contributed by atoms with Crippen molar-refractivity contribution in [2.24, 2.45) is 0 Å². The zero-order valence-corrected chi connectivity index (χ0v) is 41.4.